The van der Waals surface area contributed by atoms with Crippen LogP contribution in [0.1, 0.15) is 116 Å². The summed E-state index contributed by atoms with van der Waals surface area (Å²) in [5, 5.41) is 5.48. The standard InChI is InChI=1S/C21H25.C21H26.C5H5.Hf/c1-20(2,3)16-7-9-18-14(12-16)11-15-13-17(21(4,5)6)8-10-19(15)18;1-20(2,3)18-11-7-16(8-12-18)15-17-9-13-19(14-10-17)21(4,5)6;1-2-4-5-3-1;/h7-13H,1-6H3;7-14H,1-6H3;1-5H;/q-1;;-1;+2. The Morgan fingerprint density at radius 1 is 0.438 bits per heavy atom. The van der Waals surface area contributed by atoms with E-state index in [1.54, 1.807) is 0 Å². The Kier molecular flexibility index (Phi) is 11.6. The molecule has 0 atom stereocenters. The van der Waals surface area contributed by atoms with E-state index in [-0.39, 0.29) is 21.7 Å². The molecule has 0 aromatic heterocycles. The van der Waals surface area contributed by atoms with E-state index in [4.69, 9.17) is 0 Å². The number of hydrogen-bond donors (Lipinski definition) is 0. The van der Waals surface area contributed by atoms with Crippen molar-refractivity contribution >= 4 is 24.8 Å². The predicted molar refractivity (Wildman–Crippen MR) is 210 cm³/mol. The van der Waals surface area contributed by atoms with E-state index >= 15 is 0 Å². The fourth-order valence-electron chi connectivity index (χ4n) is 5.72. The summed E-state index contributed by atoms with van der Waals surface area (Å²) in [5.74, 6) is 0. The molecule has 0 aliphatic rings. The maximum atomic E-state index is 2.35. The maximum absolute atomic E-state index is 2.35. The molecule has 6 aromatic rings. The molecule has 1 heteroatoms. The minimum absolute atomic E-state index is 0.203. The van der Waals surface area contributed by atoms with Crippen LogP contribution < -0.4 is 0 Å². The van der Waals surface area contributed by atoms with E-state index in [0.717, 1.165) is 23.9 Å². The Labute approximate surface area is 306 Å². The van der Waals surface area contributed by atoms with Crippen molar-refractivity contribution in [1.29, 1.82) is 0 Å². The van der Waals surface area contributed by atoms with Crippen molar-refractivity contribution in [3.63, 3.8) is 0 Å². The number of rotatable bonds is 2. The van der Waals surface area contributed by atoms with Gasteiger partial charge in [-0.2, -0.15) is 18.2 Å². The van der Waals surface area contributed by atoms with E-state index in [2.05, 4.69) is 174 Å². The maximum Gasteiger partial charge on any atom is -0.0202 e. The van der Waals surface area contributed by atoms with E-state index < -0.39 is 0 Å². The van der Waals surface area contributed by atoms with Crippen LogP contribution in [0.3, 0.4) is 0 Å². The molecule has 0 unspecified atom stereocenters. The van der Waals surface area contributed by atoms with Crippen LogP contribution in [0, 0.1) is 0 Å². The molecule has 0 saturated heterocycles. The third-order valence-corrected chi connectivity index (χ3v) is 11.1. The molecular weight excluding hydrogens is 743 g/mol. The van der Waals surface area contributed by atoms with Crippen molar-refractivity contribution in [3.8, 4) is 0 Å². The van der Waals surface area contributed by atoms with Gasteiger partial charge in [0.15, 0.2) is 0 Å². The van der Waals surface area contributed by atoms with Gasteiger partial charge in [0.1, 0.15) is 0 Å². The van der Waals surface area contributed by atoms with Gasteiger partial charge in [0.05, 0.1) is 0 Å². The summed E-state index contributed by atoms with van der Waals surface area (Å²) in [4.78, 5) is 0. The van der Waals surface area contributed by atoms with Crippen LogP contribution >= 0.6 is 0 Å². The molecule has 0 spiro atoms. The van der Waals surface area contributed by atoms with Crippen LogP contribution in [-0.4, -0.2) is 3.26 Å². The van der Waals surface area contributed by atoms with Crippen molar-refractivity contribution in [2.24, 2.45) is 0 Å². The first-order valence-electron chi connectivity index (χ1n) is 17.4. The fourth-order valence-corrected chi connectivity index (χ4v) is 6.91. The van der Waals surface area contributed by atoms with Gasteiger partial charge >= 0.3 is 150 Å². The van der Waals surface area contributed by atoms with Crippen molar-refractivity contribution in [2.75, 3.05) is 0 Å². The normalized spacial score (nSPS) is 12.3. The Hall–Kier alpha value is -3.16. The van der Waals surface area contributed by atoms with Gasteiger partial charge < -0.3 is 0 Å². The predicted octanol–water partition coefficient (Wildman–Crippen LogP) is 13.1. The largest absolute Gasteiger partial charge is 0.214 e. The molecular formula is C47H56Hf. The summed E-state index contributed by atoms with van der Waals surface area (Å²) < 4.78 is 1.47. The summed E-state index contributed by atoms with van der Waals surface area (Å²) in [6.07, 6.45) is 0. The average molecular weight is 799 g/mol. The van der Waals surface area contributed by atoms with Crippen molar-refractivity contribution < 1.29 is 23.9 Å². The zero-order valence-electron chi connectivity index (χ0n) is 31.5. The van der Waals surface area contributed by atoms with Crippen molar-refractivity contribution in [2.45, 2.75) is 105 Å². The summed E-state index contributed by atoms with van der Waals surface area (Å²) in [6.45, 7) is 27.2. The third kappa shape index (κ3) is 9.72. The third-order valence-electron chi connectivity index (χ3n) is 9.07. The first-order chi connectivity index (χ1) is 22.2. The molecule has 6 rings (SSSR count). The topological polar surface area (TPSA) is 0 Å². The minimum Gasteiger partial charge on any atom is -0.214 e. The minimum atomic E-state index is 0.203. The molecule has 0 bridgehead atoms. The van der Waals surface area contributed by atoms with Gasteiger partial charge in [0.25, 0.3) is 0 Å². The molecule has 6 aromatic carbocycles. The smallest absolute Gasteiger partial charge is 0.0202 e. The monoisotopic (exact) mass is 800 g/mol. The Morgan fingerprint density at radius 2 is 0.750 bits per heavy atom. The Bertz CT molecular complexity index is 1770. The van der Waals surface area contributed by atoms with E-state index in [9.17, 15) is 0 Å². The van der Waals surface area contributed by atoms with Gasteiger partial charge in [-0.05, 0) is 10.8 Å². The van der Waals surface area contributed by atoms with Gasteiger partial charge in [-0.25, -0.2) is 12.1 Å². The van der Waals surface area contributed by atoms with Gasteiger partial charge in [0.2, 0.25) is 0 Å². The second-order valence-corrected chi connectivity index (χ2v) is 19.0. The molecule has 248 valence electrons. The molecule has 0 radical (unpaired) electrons. The second-order valence-electron chi connectivity index (χ2n) is 17.2. The molecule has 0 nitrogen and oxygen atoms in total. The zero-order chi connectivity index (χ0) is 35.5. The van der Waals surface area contributed by atoms with Gasteiger partial charge in [-0.15, -0.1) is 39.7 Å². The molecule has 0 aliphatic heterocycles. The zero-order valence-corrected chi connectivity index (χ0v) is 35.1. The summed E-state index contributed by atoms with van der Waals surface area (Å²) in [6, 6.07) is 44.4. The quantitative estimate of drug-likeness (QED) is 0.121. The molecule has 48 heavy (non-hydrogen) atoms. The molecule has 0 aliphatic carbocycles. The fraction of sp³-hybridized carbons (Fsp3) is 0.340. The van der Waals surface area contributed by atoms with Crippen LogP contribution in [0.15, 0.2) is 121 Å². The second kappa shape index (κ2) is 14.8. The summed E-state index contributed by atoms with van der Waals surface area (Å²) >= 11 is 1.06. The van der Waals surface area contributed by atoms with Crippen molar-refractivity contribution in [1.82, 2.24) is 0 Å². The van der Waals surface area contributed by atoms with Gasteiger partial charge in [0, 0.05) is 0 Å². The number of benzene rings is 4. The molecule has 0 fully saturated rings. The molecule has 0 heterocycles. The van der Waals surface area contributed by atoms with Gasteiger partial charge in [-0.1, -0.05) is 76.9 Å². The summed E-state index contributed by atoms with van der Waals surface area (Å²) in [7, 11) is 0. The van der Waals surface area contributed by atoms with E-state index in [0.29, 0.717) is 0 Å². The average Bonchev–Trinajstić information content (AvgIpc) is 3.71. The van der Waals surface area contributed by atoms with Crippen LogP contribution in [0.2, 0.25) is 0 Å². The summed E-state index contributed by atoms with van der Waals surface area (Å²) in [5.41, 5.74) is 9.18. The SMILES string of the molecule is CC(C)(C)c1ccc([C](=[Hf+2])c2ccc(C(C)(C)C)cc2)cc1.CC(C)(C)c1ccc2c(c1)[cH-]c1cc(C(C)(C)C)ccc12.c1cc[cH-]c1. The van der Waals surface area contributed by atoms with Crippen LogP contribution in [-0.2, 0) is 45.6 Å². The number of hydrogen-bond acceptors (Lipinski definition) is 0. The van der Waals surface area contributed by atoms with Crippen LogP contribution in [0.25, 0.3) is 21.5 Å². The van der Waals surface area contributed by atoms with Gasteiger partial charge in [-0.3, -0.25) is 0 Å². The van der Waals surface area contributed by atoms with E-state index in [1.807, 2.05) is 30.3 Å². The molecule has 0 amide bonds. The Morgan fingerprint density at radius 3 is 1.02 bits per heavy atom. The van der Waals surface area contributed by atoms with Crippen LogP contribution in [0.4, 0.5) is 0 Å². The first-order valence-corrected chi connectivity index (χ1v) is 19.2. The molecule has 0 saturated carbocycles. The number of fused-ring (bicyclic) bond motifs is 3. The first kappa shape index (κ1) is 37.7. The van der Waals surface area contributed by atoms with Crippen LogP contribution in [0.5, 0.6) is 0 Å². The van der Waals surface area contributed by atoms with E-state index in [1.165, 1.54) is 58.2 Å². The van der Waals surface area contributed by atoms with Crippen molar-refractivity contribution in [3.05, 3.63) is 155 Å². The Balaban J connectivity index is 0.000000189. The molecule has 0 N–H and O–H groups in total.